The van der Waals surface area contributed by atoms with E-state index >= 15 is 0 Å². The van der Waals surface area contributed by atoms with Crippen molar-refractivity contribution in [3.05, 3.63) is 30.1 Å². The summed E-state index contributed by atoms with van der Waals surface area (Å²) in [6.45, 7) is 1.89. The van der Waals surface area contributed by atoms with Gasteiger partial charge in [0.25, 0.3) is 0 Å². The van der Waals surface area contributed by atoms with Crippen molar-refractivity contribution in [2.45, 2.75) is 13.0 Å². The maximum Gasteiger partial charge on any atom is 0.222 e. The lowest BCUT2D eigenvalue weighted by atomic mass is 10.0. The molecule has 0 aliphatic carbocycles. The van der Waals surface area contributed by atoms with Crippen molar-refractivity contribution >= 4 is 22.7 Å². The number of anilines is 2. The van der Waals surface area contributed by atoms with E-state index in [1.165, 1.54) is 0 Å². The van der Waals surface area contributed by atoms with Gasteiger partial charge in [0.15, 0.2) is 0 Å². The van der Waals surface area contributed by atoms with E-state index in [0.717, 1.165) is 22.0 Å². The Kier molecular flexibility index (Phi) is 3.19. The largest absolute Gasteiger partial charge is 0.383 e. The Morgan fingerprint density at radius 1 is 1.24 bits per heavy atom. The van der Waals surface area contributed by atoms with E-state index in [0.29, 0.717) is 11.5 Å². The molecule has 1 unspecified atom stereocenters. The third-order valence-corrected chi connectivity index (χ3v) is 3.45. The zero-order valence-electron chi connectivity index (χ0n) is 11.8. The highest BCUT2D eigenvalue weighted by Crippen LogP contribution is 2.34. The van der Waals surface area contributed by atoms with Crippen molar-refractivity contribution in [3.8, 4) is 11.1 Å². The summed E-state index contributed by atoms with van der Waals surface area (Å²) in [6, 6.07) is 5.87. The van der Waals surface area contributed by atoms with E-state index in [2.05, 4.69) is 20.2 Å². The van der Waals surface area contributed by atoms with Crippen molar-refractivity contribution in [1.29, 1.82) is 0 Å². The molecule has 2 aromatic heterocycles. The lowest BCUT2D eigenvalue weighted by Crippen LogP contribution is -2.10. The molecule has 1 aromatic carbocycles. The second-order valence-corrected chi connectivity index (χ2v) is 4.78. The number of hydrogen-bond donors (Lipinski definition) is 3. The summed E-state index contributed by atoms with van der Waals surface area (Å²) in [5.41, 5.74) is 15.0. The fourth-order valence-electron chi connectivity index (χ4n) is 2.31. The molecule has 3 aromatic rings. The van der Waals surface area contributed by atoms with E-state index in [-0.39, 0.29) is 12.1 Å². The molecule has 7 nitrogen and oxygen atoms in total. The van der Waals surface area contributed by atoms with Crippen molar-refractivity contribution in [2.24, 2.45) is 0 Å². The van der Waals surface area contributed by atoms with Crippen LogP contribution >= 0.6 is 0 Å². The van der Waals surface area contributed by atoms with E-state index in [1.807, 2.05) is 25.1 Å². The van der Waals surface area contributed by atoms with Crippen molar-refractivity contribution < 1.29 is 4.74 Å². The summed E-state index contributed by atoms with van der Waals surface area (Å²) in [4.78, 5) is 8.34. The van der Waals surface area contributed by atoms with Gasteiger partial charge in [0.2, 0.25) is 5.95 Å². The van der Waals surface area contributed by atoms with Crippen LogP contribution in [0.5, 0.6) is 0 Å². The minimum absolute atomic E-state index is 0.137. The molecule has 0 amide bonds. The average Bonchev–Trinajstić information content (AvgIpc) is 2.92. The number of aromatic nitrogens is 4. The van der Waals surface area contributed by atoms with Crippen LogP contribution in [-0.4, -0.2) is 27.3 Å². The fourth-order valence-corrected chi connectivity index (χ4v) is 2.31. The van der Waals surface area contributed by atoms with Gasteiger partial charge >= 0.3 is 0 Å². The second kappa shape index (κ2) is 5.02. The predicted octanol–water partition coefficient (Wildman–Crippen LogP) is 1.89. The second-order valence-electron chi connectivity index (χ2n) is 4.78. The van der Waals surface area contributed by atoms with E-state index in [1.54, 1.807) is 13.3 Å². The van der Waals surface area contributed by atoms with Crippen LogP contribution in [0.4, 0.5) is 11.8 Å². The molecular formula is C14H16N6O. The van der Waals surface area contributed by atoms with Crippen LogP contribution in [0, 0.1) is 0 Å². The molecule has 0 radical (unpaired) electrons. The summed E-state index contributed by atoms with van der Waals surface area (Å²) in [5.74, 6) is 0.470. The summed E-state index contributed by atoms with van der Waals surface area (Å²) in [7, 11) is 1.61. The number of ether oxygens (including phenoxy) is 1. The molecule has 5 N–H and O–H groups in total. The molecule has 1 atom stereocenters. The number of benzene rings is 1. The lowest BCUT2D eigenvalue weighted by Gasteiger charge is -2.16. The molecule has 108 valence electrons. The standard InChI is InChI=1S/C14H16N6O/c1-7(21-2)12-11(13(15)19-14(16)18-12)8-3-4-9-6-17-20-10(9)5-8/h3-7H,1-2H3,(H,17,20)(H4,15,16,18,19). The van der Waals surface area contributed by atoms with Gasteiger partial charge in [-0.1, -0.05) is 12.1 Å². The van der Waals surface area contributed by atoms with Crippen LogP contribution in [0.15, 0.2) is 24.4 Å². The topological polar surface area (TPSA) is 116 Å². The van der Waals surface area contributed by atoms with Gasteiger partial charge in [-0.2, -0.15) is 10.1 Å². The number of nitrogens with zero attached hydrogens (tertiary/aromatic N) is 3. The van der Waals surface area contributed by atoms with Crippen LogP contribution in [-0.2, 0) is 4.74 Å². The minimum Gasteiger partial charge on any atom is -0.383 e. The van der Waals surface area contributed by atoms with Gasteiger partial charge < -0.3 is 16.2 Å². The minimum atomic E-state index is -0.245. The Labute approximate surface area is 121 Å². The molecule has 3 rings (SSSR count). The van der Waals surface area contributed by atoms with Crippen LogP contribution in [0.1, 0.15) is 18.7 Å². The predicted molar refractivity (Wildman–Crippen MR) is 81.4 cm³/mol. The first kappa shape index (κ1) is 13.3. The van der Waals surface area contributed by atoms with E-state index in [4.69, 9.17) is 16.2 Å². The number of nitrogen functional groups attached to an aromatic ring is 2. The Balaban J connectivity index is 2.24. The third kappa shape index (κ3) is 2.27. The van der Waals surface area contributed by atoms with E-state index < -0.39 is 0 Å². The molecule has 0 aliphatic heterocycles. The quantitative estimate of drug-likeness (QED) is 0.676. The van der Waals surface area contributed by atoms with Gasteiger partial charge in [-0.15, -0.1) is 0 Å². The zero-order chi connectivity index (χ0) is 15.0. The third-order valence-electron chi connectivity index (χ3n) is 3.45. The number of rotatable bonds is 3. The molecule has 0 spiro atoms. The number of H-pyrrole nitrogens is 1. The molecule has 7 heteroatoms. The molecular weight excluding hydrogens is 268 g/mol. The van der Waals surface area contributed by atoms with E-state index in [9.17, 15) is 0 Å². The maximum atomic E-state index is 6.05. The van der Waals surface area contributed by atoms with Crippen LogP contribution < -0.4 is 11.5 Å². The Morgan fingerprint density at radius 2 is 2.05 bits per heavy atom. The number of nitrogens with one attached hydrogen (secondary N) is 1. The fraction of sp³-hybridized carbons (Fsp3) is 0.214. The molecule has 0 saturated carbocycles. The lowest BCUT2D eigenvalue weighted by molar-refractivity contribution is 0.116. The Bertz CT molecular complexity index is 797. The first-order valence-electron chi connectivity index (χ1n) is 6.49. The molecule has 0 saturated heterocycles. The van der Waals surface area contributed by atoms with Crippen LogP contribution in [0.3, 0.4) is 0 Å². The average molecular weight is 284 g/mol. The molecule has 2 heterocycles. The van der Waals surface area contributed by atoms with Gasteiger partial charge in [-0.25, -0.2) is 4.98 Å². The normalized spacial score (nSPS) is 12.7. The highest BCUT2D eigenvalue weighted by molar-refractivity contribution is 5.87. The maximum absolute atomic E-state index is 6.05. The van der Waals surface area contributed by atoms with Gasteiger partial charge in [-0.3, -0.25) is 5.10 Å². The van der Waals surface area contributed by atoms with Gasteiger partial charge in [-0.05, 0) is 18.6 Å². The van der Waals surface area contributed by atoms with Crippen molar-refractivity contribution in [3.63, 3.8) is 0 Å². The summed E-state index contributed by atoms with van der Waals surface area (Å²) in [5, 5.41) is 7.97. The number of fused-ring (bicyclic) bond motifs is 1. The monoisotopic (exact) mass is 284 g/mol. The Morgan fingerprint density at radius 3 is 2.81 bits per heavy atom. The van der Waals surface area contributed by atoms with Gasteiger partial charge in [0.05, 0.1) is 23.5 Å². The Hall–Kier alpha value is -2.67. The van der Waals surface area contributed by atoms with Crippen molar-refractivity contribution in [1.82, 2.24) is 20.2 Å². The molecule has 0 aliphatic rings. The van der Waals surface area contributed by atoms with Crippen molar-refractivity contribution in [2.75, 3.05) is 18.6 Å². The number of nitrogens with two attached hydrogens (primary N) is 2. The highest BCUT2D eigenvalue weighted by Gasteiger charge is 2.19. The molecule has 0 fully saturated rings. The summed E-state index contributed by atoms with van der Waals surface area (Å²) >= 11 is 0. The van der Waals surface area contributed by atoms with Gasteiger partial charge in [0.1, 0.15) is 5.82 Å². The SMILES string of the molecule is COC(C)c1nc(N)nc(N)c1-c1ccc2cn[nH]c2c1. The van der Waals surface area contributed by atoms with Crippen LogP contribution in [0.25, 0.3) is 22.0 Å². The molecule has 0 bridgehead atoms. The summed E-state index contributed by atoms with van der Waals surface area (Å²) < 4.78 is 5.36. The first-order chi connectivity index (χ1) is 10.1. The first-order valence-corrected chi connectivity index (χ1v) is 6.49. The number of aromatic amines is 1. The smallest absolute Gasteiger partial charge is 0.222 e. The molecule has 21 heavy (non-hydrogen) atoms. The van der Waals surface area contributed by atoms with Gasteiger partial charge in [0, 0.05) is 18.1 Å². The highest BCUT2D eigenvalue weighted by atomic mass is 16.5. The van der Waals surface area contributed by atoms with Crippen LogP contribution in [0.2, 0.25) is 0 Å². The number of methoxy groups -OCH3 is 1. The number of hydrogen-bond acceptors (Lipinski definition) is 6. The zero-order valence-corrected chi connectivity index (χ0v) is 11.8. The summed E-state index contributed by atoms with van der Waals surface area (Å²) in [6.07, 6.45) is 1.52.